The molecule has 1 fully saturated rings. The molecule has 1 amide bonds. The third-order valence-corrected chi connectivity index (χ3v) is 4.67. The monoisotopic (exact) mass is 321 g/mol. The number of amides is 1. The van der Waals surface area contributed by atoms with Gasteiger partial charge in [-0.1, -0.05) is 23.7 Å². The summed E-state index contributed by atoms with van der Waals surface area (Å²) in [4.78, 5) is 20.8. The number of benzene rings is 1. The molecule has 6 heteroatoms. The van der Waals surface area contributed by atoms with Crippen LogP contribution in [0.5, 0.6) is 0 Å². The molecule has 2 aromatic rings. The average molecular weight is 322 g/mol. The number of hydrogen-bond donors (Lipinski definition) is 0. The van der Waals surface area contributed by atoms with Crippen molar-refractivity contribution in [2.45, 2.75) is 6.42 Å². The summed E-state index contributed by atoms with van der Waals surface area (Å²) in [7, 11) is 0. The van der Waals surface area contributed by atoms with Crippen molar-refractivity contribution in [1.29, 1.82) is 0 Å². The fourth-order valence-electron chi connectivity index (χ4n) is 2.41. The van der Waals surface area contributed by atoms with Crippen molar-refractivity contribution in [3.05, 3.63) is 46.4 Å². The van der Waals surface area contributed by atoms with Crippen molar-refractivity contribution in [3.63, 3.8) is 0 Å². The van der Waals surface area contributed by atoms with Gasteiger partial charge in [-0.15, -0.1) is 11.3 Å². The number of anilines is 1. The van der Waals surface area contributed by atoms with Crippen LogP contribution in [-0.4, -0.2) is 42.0 Å². The van der Waals surface area contributed by atoms with Crippen LogP contribution in [0.25, 0.3) is 0 Å². The van der Waals surface area contributed by atoms with Gasteiger partial charge < -0.3 is 9.80 Å². The molecule has 1 aromatic carbocycles. The van der Waals surface area contributed by atoms with Crippen molar-refractivity contribution >= 4 is 34.0 Å². The second kappa shape index (κ2) is 6.45. The van der Waals surface area contributed by atoms with E-state index in [0.29, 0.717) is 11.4 Å². The molecule has 1 aliphatic rings. The molecule has 0 N–H and O–H groups in total. The Labute approximate surface area is 133 Å². The molecule has 0 bridgehead atoms. The van der Waals surface area contributed by atoms with Gasteiger partial charge in [0.05, 0.1) is 6.42 Å². The summed E-state index contributed by atoms with van der Waals surface area (Å²) in [5.41, 5.74) is 1.01. The minimum atomic E-state index is 0.177. The first-order valence-corrected chi connectivity index (χ1v) is 8.15. The van der Waals surface area contributed by atoms with Crippen LogP contribution < -0.4 is 4.90 Å². The van der Waals surface area contributed by atoms with E-state index in [0.717, 1.165) is 36.9 Å². The number of rotatable bonds is 3. The van der Waals surface area contributed by atoms with Gasteiger partial charge in [0.1, 0.15) is 0 Å². The minimum absolute atomic E-state index is 0.177. The van der Waals surface area contributed by atoms with Gasteiger partial charge in [-0.3, -0.25) is 4.79 Å². The second-order valence-electron chi connectivity index (χ2n) is 4.99. The predicted octanol–water partition coefficient (Wildman–Crippen LogP) is 2.69. The molecule has 0 spiro atoms. The Morgan fingerprint density at radius 1 is 1.19 bits per heavy atom. The highest BCUT2D eigenvalue weighted by Gasteiger charge is 2.22. The normalized spacial score (nSPS) is 15.3. The van der Waals surface area contributed by atoms with E-state index >= 15 is 0 Å². The standard InChI is InChI=1S/C15H16ClN3OS/c16-13-3-1-12(2-4-13)11-14(20)18-6-8-19(9-7-18)15-17-5-10-21-15/h1-5,10H,6-9,11H2. The van der Waals surface area contributed by atoms with Gasteiger partial charge >= 0.3 is 0 Å². The van der Waals surface area contributed by atoms with Gasteiger partial charge in [0, 0.05) is 42.8 Å². The molecule has 1 saturated heterocycles. The molecule has 3 rings (SSSR count). The van der Waals surface area contributed by atoms with Crippen molar-refractivity contribution in [2.24, 2.45) is 0 Å². The molecule has 21 heavy (non-hydrogen) atoms. The van der Waals surface area contributed by atoms with Crippen LogP contribution in [0.4, 0.5) is 5.13 Å². The van der Waals surface area contributed by atoms with Crippen molar-refractivity contribution in [2.75, 3.05) is 31.1 Å². The Morgan fingerprint density at radius 3 is 2.52 bits per heavy atom. The highest BCUT2D eigenvalue weighted by atomic mass is 35.5. The lowest BCUT2D eigenvalue weighted by atomic mass is 10.1. The fourth-order valence-corrected chi connectivity index (χ4v) is 3.23. The Balaban J connectivity index is 1.54. The number of nitrogens with zero attached hydrogens (tertiary/aromatic N) is 3. The largest absolute Gasteiger partial charge is 0.345 e. The Hall–Kier alpha value is -1.59. The molecule has 0 radical (unpaired) electrons. The van der Waals surface area contributed by atoms with Gasteiger partial charge in [0.15, 0.2) is 5.13 Å². The fraction of sp³-hybridized carbons (Fsp3) is 0.333. The van der Waals surface area contributed by atoms with Crippen LogP contribution in [-0.2, 0) is 11.2 Å². The van der Waals surface area contributed by atoms with Crippen LogP contribution in [0.3, 0.4) is 0 Å². The molecular formula is C15H16ClN3OS. The van der Waals surface area contributed by atoms with Crippen LogP contribution in [0.15, 0.2) is 35.8 Å². The van der Waals surface area contributed by atoms with E-state index in [-0.39, 0.29) is 5.91 Å². The molecule has 4 nitrogen and oxygen atoms in total. The first-order chi connectivity index (χ1) is 10.2. The number of halogens is 1. The van der Waals surface area contributed by atoms with Gasteiger partial charge in [-0.05, 0) is 17.7 Å². The molecule has 2 heterocycles. The van der Waals surface area contributed by atoms with E-state index in [1.165, 1.54) is 0 Å². The SMILES string of the molecule is O=C(Cc1ccc(Cl)cc1)N1CCN(c2nccs2)CC1. The summed E-state index contributed by atoms with van der Waals surface area (Å²) < 4.78 is 0. The lowest BCUT2D eigenvalue weighted by molar-refractivity contribution is -0.130. The highest BCUT2D eigenvalue weighted by molar-refractivity contribution is 7.13. The number of aromatic nitrogens is 1. The molecule has 110 valence electrons. The third-order valence-electron chi connectivity index (χ3n) is 3.59. The Morgan fingerprint density at radius 2 is 1.90 bits per heavy atom. The van der Waals surface area contributed by atoms with Gasteiger partial charge in [0.25, 0.3) is 0 Å². The lowest BCUT2D eigenvalue weighted by Gasteiger charge is -2.34. The summed E-state index contributed by atoms with van der Waals surface area (Å²) in [6.07, 6.45) is 2.26. The zero-order valence-corrected chi connectivity index (χ0v) is 13.1. The van der Waals surface area contributed by atoms with Crippen LogP contribution in [0.1, 0.15) is 5.56 Å². The van der Waals surface area contributed by atoms with E-state index in [4.69, 9.17) is 11.6 Å². The smallest absolute Gasteiger partial charge is 0.227 e. The molecule has 0 aliphatic carbocycles. The van der Waals surface area contributed by atoms with E-state index in [1.54, 1.807) is 11.3 Å². The number of carbonyl (C=O) groups excluding carboxylic acids is 1. The molecular weight excluding hydrogens is 306 g/mol. The van der Waals surface area contributed by atoms with Crippen molar-refractivity contribution in [1.82, 2.24) is 9.88 Å². The predicted molar refractivity (Wildman–Crippen MR) is 86.1 cm³/mol. The van der Waals surface area contributed by atoms with Crippen molar-refractivity contribution in [3.8, 4) is 0 Å². The van der Waals surface area contributed by atoms with Gasteiger partial charge in [-0.25, -0.2) is 4.98 Å². The minimum Gasteiger partial charge on any atom is -0.345 e. The van der Waals surface area contributed by atoms with E-state index in [9.17, 15) is 4.79 Å². The zero-order valence-electron chi connectivity index (χ0n) is 11.5. The molecule has 0 saturated carbocycles. The first-order valence-electron chi connectivity index (χ1n) is 6.89. The summed E-state index contributed by atoms with van der Waals surface area (Å²) in [5.74, 6) is 0.177. The Kier molecular flexibility index (Phi) is 4.41. The summed E-state index contributed by atoms with van der Waals surface area (Å²) >= 11 is 7.50. The zero-order chi connectivity index (χ0) is 14.7. The van der Waals surface area contributed by atoms with Crippen LogP contribution >= 0.6 is 22.9 Å². The van der Waals surface area contributed by atoms with Gasteiger partial charge in [-0.2, -0.15) is 0 Å². The second-order valence-corrected chi connectivity index (χ2v) is 6.30. The van der Waals surface area contributed by atoms with Crippen LogP contribution in [0.2, 0.25) is 5.02 Å². The lowest BCUT2D eigenvalue weighted by Crippen LogP contribution is -2.49. The number of hydrogen-bond acceptors (Lipinski definition) is 4. The average Bonchev–Trinajstić information content (AvgIpc) is 3.04. The molecule has 1 aliphatic heterocycles. The summed E-state index contributed by atoms with van der Waals surface area (Å²) in [6.45, 7) is 3.21. The maximum atomic E-state index is 12.3. The maximum Gasteiger partial charge on any atom is 0.227 e. The highest BCUT2D eigenvalue weighted by Crippen LogP contribution is 2.19. The maximum absolute atomic E-state index is 12.3. The third kappa shape index (κ3) is 3.54. The number of carbonyl (C=O) groups is 1. The molecule has 1 aromatic heterocycles. The van der Waals surface area contributed by atoms with Crippen LogP contribution in [0, 0.1) is 0 Å². The van der Waals surface area contributed by atoms with E-state index in [2.05, 4.69) is 9.88 Å². The summed E-state index contributed by atoms with van der Waals surface area (Å²) in [5, 5.41) is 3.72. The van der Waals surface area contributed by atoms with Gasteiger partial charge in [0.2, 0.25) is 5.91 Å². The Bertz CT molecular complexity index is 592. The van der Waals surface area contributed by atoms with E-state index < -0.39 is 0 Å². The van der Waals surface area contributed by atoms with E-state index in [1.807, 2.05) is 40.7 Å². The summed E-state index contributed by atoms with van der Waals surface area (Å²) in [6, 6.07) is 7.47. The topological polar surface area (TPSA) is 36.4 Å². The number of thiazole rings is 1. The van der Waals surface area contributed by atoms with Crippen molar-refractivity contribution < 1.29 is 4.79 Å². The molecule has 0 unspecified atom stereocenters. The first kappa shape index (κ1) is 14.4. The molecule has 0 atom stereocenters. The quantitative estimate of drug-likeness (QED) is 0.872. The number of piperazine rings is 1.